The second kappa shape index (κ2) is 2.77. The van der Waals surface area contributed by atoms with Gasteiger partial charge in [0, 0.05) is 0 Å². The van der Waals surface area contributed by atoms with Crippen LogP contribution in [-0.2, 0) is 19.4 Å². The molecule has 0 N–H and O–H groups in total. The number of rotatable bonds is 2. The molecule has 0 aromatic carbocycles. The monoisotopic (exact) mass is 170 g/mol. The Labute approximate surface area is 69.8 Å². The van der Waals surface area contributed by atoms with Crippen LogP contribution in [0, 0.1) is 11.8 Å². The summed E-state index contributed by atoms with van der Waals surface area (Å²) in [6, 6.07) is 0. The SMILES string of the molecule is O=C(OOC(=O)C1CC1)C1CC1. The molecule has 0 heterocycles. The van der Waals surface area contributed by atoms with E-state index in [1.54, 1.807) is 0 Å². The fourth-order valence-corrected chi connectivity index (χ4v) is 0.856. The van der Waals surface area contributed by atoms with Crippen molar-refractivity contribution in [3.63, 3.8) is 0 Å². The Hall–Kier alpha value is -1.06. The highest BCUT2D eigenvalue weighted by molar-refractivity contribution is 5.78. The Kier molecular flexibility index (Phi) is 1.75. The first-order chi connectivity index (χ1) is 5.77. The number of hydrogen-bond donors (Lipinski definition) is 0. The summed E-state index contributed by atoms with van der Waals surface area (Å²) in [4.78, 5) is 30.4. The van der Waals surface area contributed by atoms with Crippen LogP contribution < -0.4 is 0 Å². The van der Waals surface area contributed by atoms with Crippen LogP contribution in [0.1, 0.15) is 25.7 Å². The third-order valence-electron chi connectivity index (χ3n) is 2.03. The van der Waals surface area contributed by atoms with Gasteiger partial charge in [0.25, 0.3) is 0 Å². The first-order valence-corrected chi connectivity index (χ1v) is 4.19. The maximum Gasteiger partial charge on any atom is 0.358 e. The van der Waals surface area contributed by atoms with Crippen molar-refractivity contribution in [2.75, 3.05) is 0 Å². The van der Waals surface area contributed by atoms with Crippen molar-refractivity contribution in [3.8, 4) is 0 Å². The zero-order valence-corrected chi connectivity index (χ0v) is 6.62. The lowest BCUT2D eigenvalue weighted by atomic mass is 10.4. The van der Waals surface area contributed by atoms with E-state index in [9.17, 15) is 9.59 Å². The Balaban J connectivity index is 1.66. The predicted octanol–water partition coefficient (Wildman–Crippen LogP) is 0.808. The van der Waals surface area contributed by atoms with Gasteiger partial charge in [-0.2, -0.15) is 0 Å². The van der Waals surface area contributed by atoms with E-state index >= 15 is 0 Å². The van der Waals surface area contributed by atoms with Gasteiger partial charge in [0.1, 0.15) is 0 Å². The maximum absolute atomic E-state index is 10.9. The average Bonchev–Trinajstić information content (AvgIpc) is 2.91. The lowest BCUT2D eigenvalue weighted by Gasteiger charge is -1.99. The quantitative estimate of drug-likeness (QED) is 0.454. The van der Waals surface area contributed by atoms with Crippen molar-refractivity contribution >= 4 is 11.9 Å². The Morgan fingerprint density at radius 1 is 0.833 bits per heavy atom. The van der Waals surface area contributed by atoms with E-state index in [-0.39, 0.29) is 11.8 Å². The van der Waals surface area contributed by atoms with E-state index in [1.807, 2.05) is 0 Å². The first-order valence-electron chi connectivity index (χ1n) is 4.19. The van der Waals surface area contributed by atoms with E-state index in [0.29, 0.717) is 0 Å². The van der Waals surface area contributed by atoms with Gasteiger partial charge >= 0.3 is 11.9 Å². The van der Waals surface area contributed by atoms with Crippen LogP contribution in [0.4, 0.5) is 0 Å². The highest BCUT2D eigenvalue weighted by Crippen LogP contribution is 2.32. The second-order valence-corrected chi connectivity index (χ2v) is 3.35. The van der Waals surface area contributed by atoms with E-state index in [2.05, 4.69) is 9.78 Å². The van der Waals surface area contributed by atoms with Crippen molar-refractivity contribution in [1.29, 1.82) is 0 Å². The Morgan fingerprint density at radius 2 is 1.17 bits per heavy atom. The number of carbonyl (C=O) groups is 2. The van der Waals surface area contributed by atoms with Crippen LogP contribution in [0.3, 0.4) is 0 Å². The van der Waals surface area contributed by atoms with Crippen molar-refractivity contribution in [2.45, 2.75) is 25.7 Å². The molecule has 2 fully saturated rings. The molecule has 0 radical (unpaired) electrons. The maximum atomic E-state index is 10.9. The van der Waals surface area contributed by atoms with Crippen LogP contribution in [0.2, 0.25) is 0 Å². The van der Waals surface area contributed by atoms with Gasteiger partial charge in [-0.05, 0) is 25.7 Å². The summed E-state index contributed by atoms with van der Waals surface area (Å²) in [6.45, 7) is 0. The van der Waals surface area contributed by atoms with E-state index in [1.165, 1.54) is 0 Å². The van der Waals surface area contributed by atoms with Crippen LogP contribution in [0.5, 0.6) is 0 Å². The van der Waals surface area contributed by atoms with Crippen LogP contribution in [-0.4, -0.2) is 11.9 Å². The molecule has 0 aromatic heterocycles. The van der Waals surface area contributed by atoms with E-state index in [4.69, 9.17) is 0 Å². The lowest BCUT2D eigenvalue weighted by molar-refractivity contribution is -0.261. The summed E-state index contributed by atoms with van der Waals surface area (Å²) in [5, 5.41) is 0. The molecule has 0 aliphatic heterocycles. The summed E-state index contributed by atoms with van der Waals surface area (Å²) in [7, 11) is 0. The minimum atomic E-state index is -0.399. The van der Waals surface area contributed by atoms with Gasteiger partial charge in [0.2, 0.25) is 0 Å². The van der Waals surface area contributed by atoms with E-state index in [0.717, 1.165) is 25.7 Å². The standard InChI is InChI=1S/C8H10O4/c9-7(5-1-2-5)11-12-8(10)6-3-4-6/h5-6H,1-4H2. The average molecular weight is 170 g/mol. The molecule has 2 aliphatic carbocycles. The van der Waals surface area contributed by atoms with Gasteiger partial charge in [0.05, 0.1) is 11.8 Å². The minimum absolute atomic E-state index is 0.0167. The largest absolute Gasteiger partial charge is 0.358 e. The van der Waals surface area contributed by atoms with Gasteiger partial charge < -0.3 is 0 Å². The van der Waals surface area contributed by atoms with Crippen LogP contribution in [0.25, 0.3) is 0 Å². The lowest BCUT2D eigenvalue weighted by Crippen LogP contribution is -2.13. The third kappa shape index (κ3) is 1.75. The fourth-order valence-electron chi connectivity index (χ4n) is 0.856. The molecule has 66 valence electrons. The highest BCUT2D eigenvalue weighted by Gasteiger charge is 2.36. The molecule has 2 rings (SSSR count). The highest BCUT2D eigenvalue weighted by atomic mass is 17.2. The minimum Gasteiger partial charge on any atom is -0.247 e. The topological polar surface area (TPSA) is 52.6 Å². The molecule has 2 saturated carbocycles. The van der Waals surface area contributed by atoms with Crippen molar-refractivity contribution in [1.82, 2.24) is 0 Å². The molecule has 0 aromatic rings. The normalized spacial score (nSPS) is 21.7. The Morgan fingerprint density at radius 3 is 1.42 bits per heavy atom. The zero-order chi connectivity index (χ0) is 8.55. The number of hydrogen-bond acceptors (Lipinski definition) is 4. The zero-order valence-electron chi connectivity index (χ0n) is 6.62. The van der Waals surface area contributed by atoms with Gasteiger partial charge in [-0.1, -0.05) is 0 Å². The van der Waals surface area contributed by atoms with Crippen molar-refractivity contribution in [2.24, 2.45) is 11.8 Å². The molecule has 2 aliphatic rings. The summed E-state index contributed by atoms with van der Waals surface area (Å²) < 4.78 is 0. The molecule has 12 heavy (non-hydrogen) atoms. The molecule has 0 bridgehead atoms. The van der Waals surface area contributed by atoms with Crippen molar-refractivity contribution in [3.05, 3.63) is 0 Å². The molecule has 4 heteroatoms. The molecule has 0 atom stereocenters. The summed E-state index contributed by atoms with van der Waals surface area (Å²) in [5.74, 6) is -0.831. The molecule has 0 spiro atoms. The summed E-state index contributed by atoms with van der Waals surface area (Å²) in [5.41, 5.74) is 0. The fraction of sp³-hybridized carbons (Fsp3) is 0.750. The second-order valence-electron chi connectivity index (χ2n) is 3.35. The Bertz CT molecular complexity index is 191. The van der Waals surface area contributed by atoms with Gasteiger partial charge in [-0.3, -0.25) is 0 Å². The molecule has 0 unspecified atom stereocenters. The van der Waals surface area contributed by atoms with Gasteiger partial charge in [-0.15, -0.1) is 0 Å². The van der Waals surface area contributed by atoms with Crippen molar-refractivity contribution < 1.29 is 19.4 Å². The molecule has 0 amide bonds. The van der Waals surface area contributed by atoms with Gasteiger partial charge in [-0.25, -0.2) is 19.4 Å². The van der Waals surface area contributed by atoms with Crippen LogP contribution >= 0.6 is 0 Å². The molecule has 4 nitrogen and oxygen atoms in total. The first kappa shape index (κ1) is 7.58. The van der Waals surface area contributed by atoms with E-state index < -0.39 is 11.9 Å². The van der Waals surface area contributed by atoms with Gasteiger partial charge in [0.15, 0.2) is 0 Å². The molecular weight excluding hydrogens is 160 g/mol. The summed E-state index contributed by atoms with van der Waals surface area (Å²) >= 11 is 0. The smallest absolute Gasteiger partial charge is 0.247 e. The third-order valence-corrected chi connectivity index (χ3v) is 2.03. The predicted molar refractivity (Wildman–Crippen MR) is 37.6 cm³/mol. The summed E-state index contributed by atoms with van der Waals surface area (Å²) in [6.07, 6.45) is 3.44. The molecule has 0 saturated heterocycles. The molecular formula is C8H10O4. The number of carbonyl (C=O) groups excluding carboxylic acids is 2. The van der Waals surface area contributed by atoms with Crippen LogP contribution in [0.15, 0.2) is 0 Å².